The molecule has 0 atom stereocenters. The molecule has 1 aliphatic rings. The van der Waals surface area contributed by atoms with Crippen LogP contribution >= 0.6 is 0 Å². The Morgan fingerprint density at radius 2 is 1.24 bits per heavy atom. The first-order valence-corrected chi connectivity index (χ1v) is 10.1. The molecule has 0 aromatic heterocycles. The van der Waals surface area contributed by atoms with Crippen molar-refractivity contribution in [1.82, 2.24) is 0 Å². The summed E-state index contributed by atoms with van der Waals surface area (Å²) < 4.78 is 0. The van der Waals surface area contributed by atoms with Gasteiger partial charge in [-0.05, 0) is 35.8 Å². The minimum Gasteiger partial charge on any atom is -0.0776 e. The largest absolute Gasteiger partial charge is 0.145 e. The maximum Gasteiger partial charge on any atom is 0.145 e. The molecule has 0 spiro atoms. The molecule has 2 aromatic carbocycles. The third-order valence-corrected chi connectivity index (χ3v) is 9.54. The standard InChI is InChI=1S/C20H22Si/c1-16-14-15-17(2)20(16)21(3,18-10-6-4-7-11-18)19-12-8-5-9-13-19/h4-14H,15H2,1-3H3. The molecule has 0 unspecified atom stereocenters. The highest BCUT2D eigenvalue weighted by Gasteiger charge is 2.38. The lowest BCUT2D eigenvalue weighted by molar-refractivity contribution is 1.24. The van der Waals surface area contributed by atoms with Crippen LogP contribution in [0.5, 0.6) is 0 Å². The van der Waals surface area contributed by atoms with Gasteiger partial charge in [0.25, 0.3) is 0 Å². The summed E-state index contributed by atoms with van der Waals surface area (Å²) >= 11 is 0. The minimum atomic E-state index is -1.88. The van der Waals surface area contributed by atoms with E-state index in [2.05, 4.69) is 87.1 Å². The quantitative estimate of drug-likeness (QED) is 0.747. The molecule has 0 N–H and O–H groups in total. The summed E-state index contributed by atoms with van der Waals surface area (Å²) in [5.74, 6) is 0. The van der Waals surface area contributed by atoms with Crippen LogP contribution in [-0.4, -0.2) is 8.07 Å². The highest BCUT2D eigenvalue weighted by atomic mass is 28.3. The van der Waals surface area contributed by atoms with Crippen molar-refractivity contribution in [3.8, 4) is 0 Å². The zero-order valence-electron chi connectivity index (χ0n) is 13.1. The van der Waals surface area contributed by atoms with E-state index in [0.29, 0.717) is 0 Å². The third kappa shape index (κ3) is 2.32. The second kappa shape index (κ2) is 5.49. The fourth-order valence-electron chi connectivity index (χ4n) is 3.67. The van der Waals surface area contributed by atoms with Crippen LogP contribution < -0.4 is 10.4 Å². The highest BCUT2D eigenvalue weighted by molar-refractivity contribution is 7.07. The van der Waals surface area contributed by atoms with Gasteiger partial charge in [-0.2, -0.15) is 0 Å². The Bertz CT molecular complexity index is 654. The summed E-state index contributed by atoms with van der Waals surface area (Å²) in [5, 5.41) is 4.63. The average molecular weight is 290 g/mol. The molecule has 0 saturated carbocycles. The summed E-state index contributed by atoms with van der Waals surface area (Å²) in [6.45, 7) is 7.08. The van der Waals surface area contributed by atoms with Crippen molar-refractivity contribution in [3.05, 3.63) is 83.1 Å². The zero-order valence-corrected chi connectivity index (χ0v) is 14.1. The van der Waals surface area contributed by atoms with Crippen LogP contribution in [0.25, 0.3) is 0 Å². The van der Waals surface area contributed by atoms with Crippen LogP contribution in [0.4, 0.5) is 0 Å². The first-order valence-electron chi connectivity index (χ1n) is 7.62. The van der Waals surface area contributed by atoms with E-state index in [1.165, 1.54) is 15.9 Å². The maximum atomic E-state index is 2.50. The molecule has 0 bridgehead atoms. The van der Waals surface area contributed by atoms with Gasteiger partial charge in [0.2, 0.25) is 0 Å². The Labute approximate surface area is 128 Å². The molecule has 0 fully saturated rings. The van der Waals surface area contributed by atoms with Crippen LogP contribution in [0.1, 0.15) is 20.3 Å². The van der Waals surface area contributed by atoms with Gasteiger partial charge < -0.3 is 0 Å². The Morgan fingerprint density at radius 1 is 0.762 bits per heavy atom. The summed E-state index contributed by atoms with van der Waals surface area (Å²) in [6.07, 6.45) is 3.51. The van der Waals surface area contributed by atoms with E-state index in [4.69, 9.17) is 0 Å². The molecule has 0 saturated heterocycles. The van der Waals surface area contributed by atoms with Crippen LogP contribution in [-0.2, 0) is 0 Å². The van der Waals surface area contributed by atoms with Crippen molar-refractivity contribution in [1.29, 1.82) is 0 Å². The number of benzene rings is 2. The summed E-state index contributed by atoms with van der Waals surface area (Å²) in [5.41, 5.74) is 3.03. The molecule has 0 heterocycles. The predicted octanol–water partition coefficient (Wildman–Crippen LogP) is 4.09. The van der Waals surface area contributed by atoms with Crippen molar-refractivity contribution in [3.63, 3.8) is 0 Å². The number of rotatable bonds is 3. The van der Waals surface area contributed by atoms with E-state index in [0.717, 1.165) is 6.42 Å². The number of hydrogen-bond donors (Lipinski definition) is 0. The molecule has 106 valence electrons. The van der Waals surface area contributed by atoms with Gasteiger partial charge >= 0.3 is 0 Å². The molecule has 3 rings (SSSR count). The van der Waals surface area contributed by atoms with Crippen molar-refractivity contribution < 1.29 is 0 Å². The lowest BCUT2D eigenvalue weighted by Crippen LogP contribution is -2.57. The van der Waals surface area contributed by atoms with Gasteiger partial charge in [-0.3, -0.25) is 0 Å². The fourth-order valence-corrected chi connectivity index (χ4v) is 8.14. The second-order valence-electron chi connectivity index (χ2n) is 6.10. The van der Waals surface area contributed by atoms with Gasteiger partial charge in [0, 0.05) is 0 Å². The summed E-state index contributed by atoms with van der Waals surface area (Å²) in [6, 6.07) is 22.2. The number of allylic oxidation sites excluding steroid dienone is 4. The molecular weight excluding hydrogens is 268 g/mol. The van der Waals surface area contributed by atoms with Crippen LogP contribution in [0.15, 0.2) is 83.1 Å². The molecule has 0 nitrogen and oxygen atoms in total. The monoisotopic (exact) mass is 290 g/mol. The molecule has 2 aromatic rings. The third-order valence-electron chi connectivity index (χ3n) is 4.74. The van der Waals surface area contributed by atoms with Gasteiger partial charge in [-0.25, -0.2) is 0 Å². The Morgan fingerprint density at radius 3 is 1.62 bits per heavy atom. The topological polar surface area (TPSA) is 0 Å². The average Bonchev–Trinajstić information content (AvgIpc) is 2.88. The van der Waals surface area contributed by atoms with E-state index in [-0.39, 0.29) is 0 Å². The van der Waals surface area contributed by atoms with Gasteiger partial charge in [-0.1, -0.05) is 84.4 Å². The van der Waals surface area contributed by atoms with E-state index in [1.54, 1.807) is 10.8 Å². The van der Waals surface area contributed by atoms with Crippen molar-refractivity contribution in [2.24, 2.45) is 0 Å². The van der Waals surface area contributed by atoms with Gasteiger partial charge in [0.05, 0.1) is 0 Å². The second-order valence-corrected chi connectivity index (χ2v) is 10.0. The molecule has 0 radical (unpaired) electrons. The molecule has 1 heteroatoms. The smallest absolute Gasteiger partial charge is 0.0776 e. The van der Waals surface area contributed by atoms with Gasteiger partial charge in [-0.15, -0.1) is 0 Å². The van der Waals surface area contributed by atoms with Crippen molar-refractivity contribution in [2.45, 2.75) is 26.8 Å². The van der Waals surface area contributed by atoms with E-state index in [1.807, 2.05) is 0 Å². The lowest BCUT2D eigenvalue weighted by atomic mass is 10.3. The fraction of sp³-hybridized carbons (Fsp3) is 0.200. The van der Waals surface area contributed by atoms with Gasteiger partial charge in [0.1, 0.15) is 8.07 Å². The predicted molar refractivity (Wildman–Crippen MR) is 94.8 cm³/mol. The van der Waals surface area contributed by atoms with Crippen molar-refractivity contribution >= 4 is 18.4 Å². The molecule has 0 amide bonds. The molecule has 21 heavy (non-hydrogen) atoms. The SMILES string of the molecule is CC1=CCC(C)=C1[Si](C)(c1ccccc1)c1ccccc1. The highest BCUT2D eigenvalue weighted by Crippen LogP contribution is 2.32. The van der Waals surface area contributed by atoms with E-state index in [9.17, 15) is 0 Å². The first-order chi connectivity index (χ1) is 10.1. The van der Waals surface area contributed by atoms with Crippen LogP contribution in [0, 0.1) is 0 Å². The molecule has 0 aliphatic heterocycles. The first kappa shape index (κ1) is 14.1. The normalized spacial score (nSPS) is 15.3. The molecular formula is C20H22Si. The lowest BCUT2D eigenvalue weighted by Gasteiger charge is -2.32. The summed E-state index contributed by atoms with van der Waals surface area (Å²) in [7, 11) is -1.88. The van der Waals surface area contributed by atoms with Crippen LogP contribution in [0.2, 0.25) is 6.55 Å². The number of hydrogen-bond acceptors (Lipinski definition) is 0. The minimum absolute atomic E-state index is 1.11. The Hall–Kier alpha value is -1.86. The van der Waals surface area contributed by atoms with E-state index < -0.39 is 8.07 Å². The Balaban J connectivity index is 2.27. The zero-order chi connectivity index (χ0) is 14.9. The maximum absolute atomic E-state index is 2.50. The molecule has 1 aliphatic carbocycles. The van der Waals surface area contributed by atoms with E-state index >= 15 is 0 Å². The summed E-state index contributed by atoms with van der Waals surface area (Å²) in [4.78, 5) is 0. The Kier molecular flexibility index (Phi) is 3.69. The van der Waals surface area contributed by atoms with Gasteiger partial charge in [0.15, 0.2) is 0 Å². The van der Waals surface area contributed by atoms with Crippen molar-refractivity contribution in [2.75, 3.05) is 0 Å². The van der Waals surface area contributed by atoms with Crippen LogP contribution in [0.3, 0.4) is 0 Å².